The molecule has 0 radical (unpaired) electrons. The normalized spacial score (nSPS) is 11.3. The van der Waals surface area contributed by atoms with E-state index in [1.165, 1.54) is 6.20 Å². The predicted molar refractivity (Wildman–Crippen MR) is 66.6 cm³/mol. The van der Waals surface area contributed by atoms with Crippen molar-refractivity contribution in [3.63, 3.8) is 0 Å². The van der Waals surface area contributed by atoms with Crippen molar-refractivity contribution in [2.75, 3.05) is 18.9 Å². The fraction of sp³-hybridized carbons (Fsp3) is 0.500. The lowest BCUT2D eigenvalue weighted by Gasteiger charge is -2.22. The van der Waals surface area contributed by atoms with Crippen molar-refractivity contribution in [2.24, 2.45) is 5.41 Å². The Morgan fingerprint density at radius 3 is 2.82 bits per heavy atom. The van der Waals surface area contributed by atoms with Crippen LogP contribution in [0.15, 0.2) is 12.3 Å². The van der Waals surface area contributed by atoms with Gasteiger partial charge in [0.25, 0.3) is 5.91 Å². The molecule has 0 fully saturated rings. The summed E-state index contributed by atoms with van der Waals surface area (Å²) < 4.78 is 0. The number of hydrogen-bond donors (Lipinski definition) is 3. The molecule has 1 amide bonds. The van der Waals surface area contributed by atoms with Crippen molar-refractivity contribution in [3.05, 3.63) is 23.5 Å². The predicted octanol–water partition coefficient (Wildman–Crippen LogP) is 0.721. The van der Waals surface area contributed by atoms with Gasteiger partial charge in [-0.05, 0) is 13.0 Å². The number of nitrogen functional groups attached to an aromatic ring is 1. The summed E-state index contributed by atoms with van der Waals surface area (Å²) >= 11 is 0. The zero-order valence-electron chi connectivity index (χ0n) is 10.4. The second kappa shape index (κ2) is 5.14. The van der Waals surface area contributed by atoms with Gasteiger partial charge in [0, 0.05) is 18.6 Å². The molecule has 1 heterocycles. The van der Waals surface area contributed by atoms with Crippen LogP contribution in [0.25, 0.3) is 0 Å². The van der Waals surface area contributed by atoms with Gasteiger partial charge < -0.3 is 16.2 Å². The molecule has 0 aliphatic rings. The zero-order chi connectivity index (χ0) is 13.1. The molecule has 1 aromatic heterocycles. The number of hydrogen-bond acceptors (Lipinski definition) is 4. The molecule has 17 heavy (non-hydrogen) atoms. The van der Waals surface area contributed by atoms with Crippen LogP contribution in [0.5, 0.6) is 0 Å². The number of nitrogens with two attached hydrogens (primary N) is 1. The summed E-state index contributed by atoms with van der Waals surface area (Å²) in [7, 11) is 0. The Morgan fingerprint density at radius 1 is 1.59 bits per heavy atom. The third-order valence-electron chi connectivity index (χ3n) is 2.51. The van der Waals surface area contributed by atoms with E-state index in [9.17, 15) is 4.79 Å². The van der Waals surface area contributed by atoms with Crippen LogP contribution in [-0.4, -0.2) is 29.1 Å². The molecule has 0 bridgehead atoms. The Labute approximate surface area is 101 Å². The number of carbonyl (C=O) groups excluding carboxylic acids is 1. The lowest BCUT2D eigenvalue weighted by Crippen LogP contribution is -2.36. The largest absolute Gasteiger partial charge is 0.397 e. The van der Waals surface area contributed by atoms with E-state index in [1.807, 2.05) is 13.8 Å². The number of nitrogens with zero attached hydrogens (tertiary/aromatic N) is 1. The van der Waals surface area contributed by atoms with E-state index in [1.54, 1.807) is 13.0 Å². The molecule has 4 N–H and O–H groups in total. The summed E-state index contributed by atoms with van der Waals surface area (Å²) in [5.41, 5.74) is 6.82. The van der Waals surface area contributed by atoms with Crippen LogP contribution < -0.4 is 11.1 Å². The number of aromatic nitrogens is 1. The highest BCUT2D eigenvalue weighted by Gasteiger charge is 2.18. The van der Waals surface area contributed by atoms with Crippen LogP contribution >= 0.6 is 0 Å². The molecule has 0 spiro atoms. The van der Waals surface area contributed by atoms with E-state index in [0.29, 0.717) is 23.5 Å². The fourth-order valence-electron chi connectivity index (χ4n) is 1.25. The number of anilines is 1. The first-order valence-electron chi connectivity index (χ1n) is 5.47. The molecule has 0 aliphatic carbocycles. The smallest absolute Gasteiger partial charge is 0.253 e. The van der Waals surface area contributed by atoms with Crippen LogP contribution in [0.1, 0.15) is 29.9 Å². The molecule has 94 valence electrons. The van der Waals surface area contributed by atoms with Gasteiger partial charge in [0.1, 0.15) is 0 Å². The molecular formula is C12H19N3O2. The minimum absolute atomic E-state index is 0.0153. The second-order valence-electron chi connectivity index (χ2n) is 4.91. The van der Waals surface area contributed by atoms with Gasteiger partial charge in [-0.15, -0.1) is 0 Å². The summed E-state index contributed by atoms with van der Waals surface area (Å²) in [6.45, 7) is 5.92. The maximum Gasteiger partial charge on any atom is 0.253 e. The summed E-state index contributed by atoms with van der Waals surface area (Å²) in [5, 5.41) is 11.9. The van der Waals surface area contributed by atoms with Crippen molar-refractivity contribution >= 4 is 11.6 Å². The molecule has 5 nitrogen and oxygen atoms in total. The molecule has 0 atom stereocenters. The number of carbonyl (C=O) groups is 1. The van der Waals surface area contributed by atoms with Crippen LogP contribution in [0, 0.1) is 12.3 Å². The number of aliphatic hydroxyl groups excluding tert-OH is 1. The Balaban J connectivity index is 2.74. The minimum atomic E-state index is -0.336. The molecule has 0 saturated heterocycles. The third-order valence-corrected chi connectivity index (χ3v) is 2.51. The van der Waals surface area contributed by atoms with Gasteiger partial charge in [-0.1, -0.05) is 13.8 Å². The molecule has 5 heteroatoms. The first kappa shape index (κ1) is 13.4. The Bertz CT molecular complexity index is 416. The topological polar surface area (TPSA) is 88.2 Å². The zero-order valence-corrected chi connectivity index (χ0v) is 10.4. The number of amides is 1. The molecule has 1 aromatic rings. The van der Waals surface area contributed by atoms with Crippen molar-refractivity contribution in [1.82, 2.24) is 10.3 Å². The Kier molecular flexibility index (Phi) is 4.07. The standard InChI is InChI=1S/C12H19N3O2/c1-8-10(4-9(13)5-14-8)11(17)15-6-12(2,3)7-16/h4-5,16H,6-7,13H2,1-3H3,(H,15,17). The highest BCUT2D eigenvalue weighted by atomic mass is 16.3. The van der Waals surface area contributed by atoms with Gasteiger partial charge >= 0.3 is 0 Å². The number of nitrogens with one attached hydrogen (secondary N) is 1. The molecule has 0 aliphatic heterocycles. The number of aryl methyl sites for hydroxylation is 1. The number of rotatable bonds is 4. The first-order valence-corrected chi connectivity index (χ1v) is 5.47. The maximum absolute atomic E-state index is 11.9. The summed E-state index contributed by atoms with van der Waals surface area (Å²) in [4.78, 5) is 15.9. The van der Waals surface area contributed by atoms with Crippen LogP contribution in [0.2, 0.25) is 0 Å². The number of pyridine rings is 1. The van der Waals surface area contributed by atoms with Gasteiger partial charge in [0.05, 0.1) is 23.1 Å². The summed E-state index contributed by atoms with van der Waals surface area (Å²) in [6.07, 6.45) is 1.52. The van der Waals surface area contributed by atoms with E-state index < -0.39 is 0 Å². The molecule has 1 rings (SSSR count). The molecule has 0 aromatic carbocycles. The van der Waals surface area contributed by atoms with Crippen molar-refractivity contribution in [2.45, 2.75) is 20.8 Å². The van der Waals surface area contributed by atoms with Crippen LogP contribution in [0.3, 0.4) is 0 Å². The maximum atomic E-state index is 11.9. The average Bonchev–Trinajstić information content (AvgIpc) is 2.29. The van der Waals surface area contributed by atoms with E-state index in [4.69, 9.17) is 10.8 Å². The van der Waals surface area contributed by atoms with E-state index in [2.05, 4.69) is 10.3 Å². The van der Waals surface area contributed by atoms with Gasteiger partial charge in [-0.2, -0.15) is 0 Å². The first-order chi connectivity index (χ1) is 7.85. The lowest BCUT2D eigenvalue weighted by atomic mass is 9.95. The average molecular weight is 237 g/mol. The Hall–Kier alpha value is -1.62. The summed E-state index contributed by atoms with van der Waals surface area (Å²) in [6, 6.07) is 1.60. The Morgan fingerprint density at radius 2 is 2.24 bits per heavy atom. The lowest BCUT2D eigenvalue weighted by molar-refractivity contribution is 0.0910. The molecular weight excluding hydrogens is 218 g/mol. The van der Waals surface area contributed by atoms with E-state index >= 15 is 0 Å². The highest BCUT2D eigenvalue weighted by molar-refractivity contribution is 5.95. The van der Waals surface area contributed by atoms with E-state index in [0.717, 1.165) is 0 Å². The van der Waals surface area contributed by atoms with Crippen LogP contribution in [0.4, 0.5) is 5.69 Å². The molecule has 0 unspecified atom stereocenters. The highest BCUT2D eigenvalue weighted by Crippen LogP contribution is 2.13. The van der Waals surface area contributed by atoms with Crippen LogP contribution in [-0.2, 0) is 0 Å². The monoisotopic (exact) mass is 237 g/mol. The SMILES string of the molecule is Cc1ncc(N)cc1C(=O)NCC(C)(C)CO. The fourth-order valence-corrected chi connectivity index (χ4v) is 1.25. The van der Waals surface area contributed by atoms with Gasteiger partial charge in [0.2, 0.25) is 0 Å². The number of aliphatic hydroxyl groups is 1. The van der Waals surface area contributed by atoms with Crippen molar-refractivity contribution < 1.29 is 9.90 Å². The second-order valence-corrected chi connectivity index (χ2v) is 4.91. The third kappa shape index (κ3) is 3.71. The minimum Gasteiger partial charge on any atom is -0.397 e. The van der Waals surface area contributed by atoms with Crippen molar-refractivity contribution in [3.8, 4) is 0 Å². The quantitative estimate of drug-likeness (QED) is 0.720. The van der Waals surface area contributed by atoms with Gasteiger partial charge in [-0.3, -0.25) is 9.78 Å². The summed E-state index contributed by atoms with van der Waals surface area (Å²) in [5.74, 6) is -0.219. The van der Waals surface area contributed by atoms with Gasteiger partial charge in [-0.25, -0.2) is 0 Å². The van der Waals surface area contributed by atoms with Gasteiger partial charge in [0.15, 0.2) is 0 Å². The van der Waals surface area contributed by atoms with Crippen molar-refractivity contribution in [1.29, 1.82) is 0 Å². The molecule has 0 saturated carbocycles. The van der Waals surface area contributed by atoms with E-state index in [-0.39, 0.29) is 17.9 Å².